The number of rotatable bonds is 4. The van der Waals surface area contributed by atoms with Gasteiger partial charge in [0.1, 0.15) is 12.4 Å². The van der Waals surface area contributed by atoms with E-state index in [0.29, 0.717) is 12.2 Å². The summed E-state index contributed by atoms with van der Waals surface area (Å²) in [6.45, 7) is 5.30. The highest BCUT2D eigenvalue weighted by molar-refractivity contribution is 5.36. The van der Waals surface area contributed by atoms with E-state index < -0.39 is 5.60 Å². The largest absolute Gasteiger partial charge is 0.492 e. The molecule has 1 aromatic rings. The van der Waals surface area contributed by atoms with Crippen LogP contribution in [0.25, 0.3) is 0 Å². The van der Waals surface area contributed by atoms with Crippen LogP contribution >= 0.6 is 0 Å². The van der Waals surface area contributed by atoms with Crippen molar-refractivity contribution in [3.63, 3.8) is 0 Å². The fourth-order valence-electron chi connectivity index (χ4n) is 2.49. The highest BCUT2D eigenvalue weighted by Crippen LogP contribution is 2.21. The van der Waals surface area contributed by atoms with Gasteiger partial charge in [-0.2, -0.15) is 5.26 Å². The van der Waals surface area contributed by atoms with Gasteiger partial charge in [-0.15, -0.1) is 0 Å². The molecule has 1 atom stereocenters. The van der Waals surface area contributed by atoms with Crippen molar-refractivity contribution >= 4 is 0 Å². The van der Waals surface area contributed by atoms with Crippen LogP contribution in [0, 0.1) is 11.3 Å². The monoisotopic (exact) mass is 274 g/mol. The molecule has 20 heavy (non-hydrogen) atoms. The van der Waals surface area contributed by atoms with Crippen molar-refractivity contribution in [2.75, 3.05) is 26.2 Å². The number of hydrogen-bond acceptors (Lipinski definition) is 4. The van der Waals surface area contributed by atoms with Crippen LogP contribution in [0.2, 0.25) is 0 Å². The zero-order chi connectivity index (χ0) is 14.4. The van der Waals surface area contributed by atoms with E-state index in [1.54, 1.807) is 12.1 Å². The van der Waals surface area contributed by atoms with E-state index in [-0.39, 0.29) is 0 Å². The SMILES string of the molecule is CC1(O)CCCN(CCOc2cccc(C#N)c2)CC1. The third kappa shape index (κ3) is 4.52. The van der Waals surface area contributed by atoms with Crippen LogP contribution in [0.3, 0.4) is 0 Å². The fourth-order valence-corrected chi connectivity index (χ4v) is 2.49. The molecule has 0 aromatic heterocycles. The van der Waals surface area contributed by atoms with E-state index in [4.69, 9.17) is 10.00 Å². The van der Waals surface area contributed by atoms with Crippen LogP contribution in [0.4, 0.5) is 0 Å². The average molecular weight is 274 g/mol. The van der Waals surface area contributed by atoms with Crippen LogP contribution in [-0.2, 0) is 0 Å². The Morgan fingerprint density at radius 3 is 3.05 bits per heavy atom. The van der Waals surface area contributed by atoms with E-state index in [9.17, 15) is 5.11 Å². The molecule has 4 heteroatoms. The lowest BCUT2D eigenvalue weighted by molar-refractivity contribution is 0.0442. The Balaban J connectivity index is 1.77. The second-order valence-electron chi connectivity index (χ2n) is 5.68. The Morgan fingerprint density at radius 2 is 2.25 bits per heavy atom. The van der Waals surface area contributed by atoms with Crippen LogP contribution in [-0.4, -0.2) is 41.8 Å². The van der Waals surface area contributed by atoms with E-state index in [0.717, 1.165) is 44.6 Å². The summed E-state index contributed by atoms with van der Waals surface area (Å²) < 4.78 is 5.69. The molecule has 1 aliphatic heterocycles. The highest BCUT2D eigenvalue weighted by Gasteiger charge is 2.24. The lowest BCUT2D eigenvalue weighted by Gasteiger charge is -2.22. The quantitative estimate of drug-likeness (QED) is 0.914. The number of likely N-dealkylation sites (tertiary alicyclic amines) is 1. The first kappa shape index (κ1) is 14.8. The summed E-state index contributed by atoms with van der Waals surface area (Å²) >= 11 is 0. The molecule has 0 spiro atoms. The molecular formula is C16H22N2O2. The van der Waals surface area contributed by atoms with Crippen molar-refractivity contribution in [1.29, 1.82) is 5.26 Å². The van der Waals surface area contributed by atoms with E-state index in [2.05, 4.69) is 11.0 Å². The van der Waals surface area contributed by atoms with Gasteiger partial charge in [0.05, 0.1) is 17.2 Å². The molecule has 1 heterocycles. The molecular weight excluding hydrogens is 252 g/mol. The summed E-state index contributed by atoms with van der Waals surface area (Å²) in [5, 5.41) is 18.9. The molecule has 4 nitrogen and oxygen atoms in total. The van der Waals surface area contributed by atoms with Crippen molar-refractivity contribution in [2.45, 2.75) is 31.8 Å². The first-order valence-corrected chi connectivity index (χ1v) is 7.17. The molecule has 0 amide bonds. The molecule has 0 aliphatic carbocycles. The highest BCUT2D eigenvalue weighted by atomic mass is 16.5. The molecule has 1 unspecified atom stereocenters. The molecule has 2 rings (SSSR count). The van der Waals surface area contributed by atoms with Gasteiger partial charge in [-0.3, -0.25) is 4.90 Å². The molecule has 1 aliphatic rings. The smallest absolute Gasteiger partial charge is 0.120 e. The lowest BCUT2D eigenvalue weighted by atomic mass is 9.98. The summed E-state index contributed by atoms with van der Waals surface area (Å²) in [6, 6.07) is 9.33. The molecule has 108 valence electrons. The minimum atomic E-state index is -0.517. The molecule has 1 N–H and O–H groups in total. The van der Waals surface area contributed by atoms with Crippen molar-refractivity contribution < 1.29 is 9.84 Å². The maximum atomic E-state index is 10.0. The minimum Gasteiger partial charge on any atom is -0.492 e. The van der Waals surface area contributed by atoms with Gasteiger partial charge in [-0.25, -0.2) is 0 Å². The summed E-state index contributed by atoms with van der Waals surface area (Å²) in [4.78, 5) is 2.33. The number of nitriles is 1. The standard InChI is InChI=1S/C16H22N2O2/c1-16(19)6-3-8-18(9-7-16)10-11-20-15-5-2-4-14(12-15)13-17/h2,4-5,12,19H,3,6-11H2,1H3. The molecule has 0 bridgehead atoms. The molecule has 0 radical (unpaired) electrons. The Kier molecular flexibility index (Phi) is 4.99. The molecule has 1 saturated heterocycles. The summed E-state index contributed by atoms with van der Waals surface area (Å²) in [5.74, 6) is 0.742. The zero-order valence-corrected chi connectivity index (χ0v) is 12.0. The maximum Gasteiger partial charge on any atom is 0.120 e. The maximum absolute atomic E-state index is 10.0. The second kappa shape index (κ2) is 6.74. The van der Waals surface area contributed by atoms with Gasteiger partial charge in [0, 0.05) is 13.1 Å². The van der Waals surface area contributed by atoms with Gasteiger partial charge in [-0.1, -0.05) is 6.07 Å². The van der Waals surface area contributed by atoms with E-state index in [1.165, 1.54) is 0 Å². The number of aliphatic hydroxyl groups is 1. The van der Waals surface area contributed by atoms with E-state index in [1.807, 2.05) is 19.1 Å². The van der Waals surface area contributed by atoms with Gasteiger partial charge in [0.15, 0.2) is 0 Å². The Bertz CT molecular complexity index is 480. The Labute approximate surface area is 120 Å². The summed E-state index contributed by atoms with van der Waals surface area (Å²) in [6.07, 6.45) is 2.71. The van der Waals surface area contributed by atoms with Crippen LogP contribution in [0.5, 0.6) is 5.75 Å². The van der Waals surface area contributed by atoms with Crippen molar-refractivity contribution in [2.24, 2.45) is 0 Å². The van der Waals surface area contributed by atoms with Crippen molar-refractivity contribution in [3.8, 4) is 11.8 Å². The summed E-state index contributed by atoms with van der Waals surface area (Å²) in [5.41, 5.74) is 0.102. The minimum absolute atomic E-state index is 0.517. The Morgan fingerprint density at radius 1 is 1.40 bits per heavy atom. The van der Waals surface area contributed by atoms with Crippen molar-refractivity contribution in [3.05, 3.63) is 29.8 Å². The number of ether oxygens (including phenoxy) is 1. The van der Waals surface area contributed by atoms with E-state index >= 15 is 0 Å². The molecule has 1 aromatic carbocycles. The van der Waals surface area contributed by atoms with Crippen molar-refractivity contribution in [1.82, 2.24) is 4.90 Å². The average Bonchev–Trinajstić information content (AvgIpc) is 2.60. The fraction of sp³-hybridized carbons (Fsp3) is 0.562. The lowest BCUT2D eigenvalue weighted by Crippen LogP contribution is -2.31. The van der Waals surface area contributed by atoms with Gasteiger partial charge < -0.3 is 9.84 Å². The number of benzene rings is 1. The van der Waals surface area contributed by atoms with Crippen LogP contribution < -0.4 is 4.74 Å². The third-order valence-electron chi connectivity index (χ3n) is 3.80. The zero-order valence-electron chi connectivity index (χ0n) is 12.0. The van der Waals surface area contributed by atoms with Gasteiger partial charge in [0.2, 0.25) is 0 Å². The number of hydrogen-bond donors (Lipinski definition) is 1. The normalized spacial score (nSPS) is 23.9. The predicted molar refractivity (Wildman–Crippen MR) is 77.6 cm³/mol. The third-order valence-corrected chi connectivity index (χ3v) is 3.80. The summed E-state index contributed by atoms with van der Waals surface area (Å²) in [7, 11) is 0. The first-order valence-electron chi connectivity index (χ1n) is 7.17. The predicted octanol–water partition coefficient (Wildman–Crippen LogP) is 2.17. The Hall–Kier alpha value is -1.57. The first-order chi connectivity index (χ1) is 9.59. The molecule has 0 saturated carbocycles. The number of nitrogens with zero attached hydrogens (tertiary/aromatic N) is 2. The van der Waals surface area contributed by atoms with Crippen LogP contribution in [0.1, 0.15) is 31.7 Å². The topological polar surface area (TPSA) is 56.5 Å². The van der Waals surface area contributed by atoms with Gasteiger partial charge >= 0.3 is 0 Å². The second-order valence-corrected chi connectivity index (χ2v) is 5.68. The molecule has 1 fully saturated rings. The van der Waals surface area contributed by atoms with Gasteiger partial charge in [0.25, 0.3) is 0 Å². The van der Waals surface area contributed by atoms with Gasteiger partial charge in [-0.05, 0) is 50.9 Å². The van der Waals surface area contributed by atoms with Crippen LogP contribution in [0.15, 0.2) is 24.3 Å².